The third-order valence-corrected chi connectivity index (χ3v) is 4.70. The first-order valence-electron chi connectivity index (χ1n) is 5.72. The Morgan fingerprint density at radius 3 is 2.57 bits per heavy atom. The van der Waals surface area contributed by atoms with Crippen molar-refractivity contribution in [3.05, 3.63) is 45.1 Å². The lowest BCUT2D eigenvalue weighted by Gasteiger charge is -2.07. The van der Waals surface area contributed by atoms with Gasteiger partial charge in [-0.1, -0.05) is 17.7 Å². The van der Waals surface area contributed by atoms with Gasteiger partial charge in [0.1, 0.15) is 4.88 Å². The van der Waals surface area contributed by atoms with Crippen LogP contribution in [0, 0.1) is 6.92 Å². The van der Waals surface area contributed by atoms with E-state index in [1.807, 2.05) is 6.92 Å². The Labute approximate surface area is 131 Å². The van der Waals surface area contributed by atoms with Gasteiger partial charge in [0.25, 0.3) is 16.1 Å². The number of carbonyl (C=O) groups excluding carboxylic acids is 1. The van der Waals surface area contributed by atoms with Crippen molar-refractivity contribution >= 4 is 50.4 Å². The highest BCUT2D eigenvalue weighted by Crippen LogP contribution is 2.28. The van der Waals surface area contributed by atoms with Gasteiger partial charge in [0.15, 0.2) is 0 Å². The van der Waals surface area contributed by atoms with Gasteiger partial charge >= 0.3 is 0 Å². The maximum Gasteiger partial charge on any atom is 0.296 e. The van der Waals surface area contributed by atoms with Crippen molar-refractivity contribution in [1.82, 2.24) is 0 Å². The van der Waals surface area contributed by atoms with Gasteiger partial charge in [0.2, 0.25) is 0 Å². The number of aryl methyl sites for hydroxylation is 1. The molecule has 2 aromatic rings. The van der Waals surface area contributed by atoms with Crippen LogP contribution in [-0.2, 0) is 10.2 Å². The molecule has 1 aromatic carbocycles. The summed E-state index contributed by atoms with van der Waals surface area (Å²) in [6.45, 7) is 1.81. The van der Waals surface area contributed by atoms with E-state index in [-0.39, 0.29) is 11.6 Å². The summed E-state index contributed by atoms with van der Waals surface area (Å²) in [6, 6.07) is 6.18. The molecule has 0 saturated carbocycles. The molecule has 9 heteroatoms. The number of nitrogens with one attached hydrogen (secondary N) is 2. The van der Waals surface area contributed by atoms with Crippen LogP contribution >= 0.6 is 22.9 Å². The lowest BCUT2D eigenvalue weighted by Crippen LogP contribution is -2.21. The van der Waals surface area contributed by atoms with Gasteiger partial charge in [-0.05, 0) is 36.1 Å². The number of thiophene rings is 1. The molecule has 0 aliphatic rings. The van der Waals surface area contributed by atoms with E-state index in [9.17, 15) is 13.2 Å². The molecular formula is C12H12ClN3O3S2. The highest BCUT2D eigenvalue weighted by atomic mass is 35.5. The van der Waals surface area contributed by atoms with Gasteiger partial charge in [0.05, 0.1) is 10.7 Å². The van der Waals surface area contributed by atoms with Crippen LogP contribution in [0.1, 0.15) is 15.2 Å². The zero-order chi connectivity index (χ0) is 15.6. The van der Waals surface area contributed by atoms with Crippen LogP contribution < -0.4 is 15.2 Å². The van der Waals surface area contributed by atoms with E-state index in [0.717, 1.165) is 5.56 Å². The monoisotopic (exact) mass is 345 g/mol. The average Bonchev–Trinajstić information content (AvgIpc) is 2.68. The summed E-state index contributed by atoms with van der Waals surface area (Å²) in [4.78, 5) is 12.5. The number of anilines is 2. The highest BCUT2D eigenvalue weighted by Gasteiger charge is 2.15. The Balaban J connectivity index is 2.18. The number of rotatable bonds is 4. The average molecular weight is 346 g/mol. The Morgan fingerprint density at radius 2 is 2.00 bits per heavy atom. The highest BCUT2D eigenvalue weighted by molar-refractivity contribution is 7.90. The van der Waals surface area contributed by atoms with Crippen molar-refractivity contribution in [3.63, 3.8) is 0 Å². The quantitative estimate of drug-likeness (QED) is 0.793. The molecule has 0 aliphatic heterocycles. The van der Waals surface area contributed by atoms with Gasteiger partial charge < -0.3 is 5.32 Å². The summed E-state index contributed by atoms with van der Waals surface area (Å²) in [7, 11) is -3.86. The summed E-state index contributed by atoms with van der Waals surface area (Å²) in [5.41, 5.74) is 1.51. The predicted octanol–water partition coefficient (Wildman–Crippen LogP) is 2.58. The largest absolute Gasteiger partial charge is 0.321 e. The zero-order valence-electron chi connectivity index (χ0n) is 10.9. The molecule has 0 aliphatic carbocycles. The lowest BCUT2D eigenvalue weighted by molar-refractivity contribution is 0.103. The maximum atomic E-state index is 12.1. The second-order valence-corrected chi connectivity index (χ2v) is 6.80. The summed E-state index contributed by atoms with van der Waals surface area (Å²) >= 11 is 7.27. The smallest absolute Gasteiger partial charge is 0.296 e. The van der Waals surface area contributed by atoms with Gasteiger partial charge in [-0.25, -0.2) is 5.14 Å². The first-order chi connectivity index (χ1) is 9.76. The van der Waals surface area contributed by atoms with Crippen LogP contribution in [-0.4, -0.2) is 14.3 Å². The number of benzene rings is 1. The number of carbonyl (C=O) groups is 1. The van der Waals surface area contributed by atoms with Crippen LogP contribution in [0.15, 0.2) is 29.6 Å². The van der Waals surface area contributed by atoms with Crippen molar-refractivity contribution in [2.24, 2.45) is 5.14 Å². The first kappa shape index (κ1) is 15.8. The van der Waals surface area contributed by atoms with Crippen LogP contribution in [0.4, 0.5) is 11.4 Å². The molecule has 112 valence electrons. The fourth-order valence-electron chi connectivity index (χ4n) is 1.60. The van der Waals surface area contributed by atoms with Gasteiger partial charge in [0, 0.05) is 5.69 Å². The Morgan fingerprint density at radius 1 is 1.33 bits per heavy atom. The standard InChI is InChI=1S/C12H12ClN3O3S2/c1-7-6-20-11(10(7)13)12(17)15-8-3-2-4-9(5-8)16-21(14,18)19/h2-6,16H,1H3,(H,15,17)(H2,14,18,19). The molecule has 1 aromatic heterocycles. The fourth-order valence-corrected chi connectivity index (χ4v) is 3.22. The first-order valence-corrected chi connectivity index (χ1v) is 8.52. The molecule has 0 atom stereocenters. The summed E-state index contributed by atoms with van der Waals surface area (Å²) in [5.74, 6) is -0.356. The van der Waals surface area contributed by atoms with Crippen molar-refractivity contribution in [1.29, 1.82) is 0 Å². The summed E-state index contributed by atoms with van der Waals surface area (Å²) in [6.07, 6.45) is 0. The van der Waals surface area contributed by atoms with Gasteiger partial charge in [-0.15, -0.1) is 11.3 Å². The van der Waals surface area contributed by atoms with Crippen LogP contribution in [0.25, 0.3) is 0 Å². The second-order valence-electron chi connectivity index (χ2n) is 4.24. The summed E-state index contributed by atoms with van der Waals surface area (Å²) < 4.78 is 24.1. The number of hydrogen-bond donors (Lipinski definition) is 3. The second kappa shape index (κ2) is 6.02. The molecule has 0 unspecified atom stereocenters. The SMILES string of the molecule is Cc1csc(C(=O)Nc2cccc(NS(N)(=O)=O)c2)c1Cl. The van der Waals surface area contributed by atoms with E-state index in [0.29, 0.717) is 15.6 Å². The van der Waals surface area contributed by atoms with Crippen molar-refractivity contribution in [3.8, 4) is 0 Å². The number of amides is 1. The van der Waals surface area contributed by atoms with E-state index in [2.05, 4.69) is 10.0 Å². The predicted molar refractivity (Wildman–Crippen MR) is 85.2 cm³/mol. The molecule has 6 nitrogen and oxygen atoms in total. The molecule has 0 spiro atoms. The number of hydrogen-bond acceptors (Lipinski definition) is 4. The van der Waals surface area contributed by atoms with Crippen LogP contribution in [0.2, 0.25) is 5.02 Å². The van der Waals surface area contributed by atoms with Crippen LogP contribution in [0.3, 0.4) is 0 Å². The molecule has 2 rings (SSSR count). The van der Waals surface area contributed by atoms with E-state index in [1.54, 1.807) is 17.5 Å². The Kier molecular flexibility index (Phi) is 4.52. The third kappa shape index (κ3) is 4.18. The minimum Gasteiger partial charge on any atom is -0.321 e. The topological polar surface area (TPSA) is 101 Å². The minimum absolute atomic E-state index is 0.253. The Hall–Kier alpha value is -1.61. The lowest BCUT2D eigenvalue weighted by atomic mass is 10.2. The molecule has 0 fully saturated rings. The molecule has 0 radical (unpaired) electrons. The summed E-state index contributed by atoms with van der Waals surface area (Å²) in [5, 5.41) is 9.74. The zero-order valence-corrected chi connectivity index (χ0v) is 13.3. The normalized spacial score (nSPS) is 11.2. The fraction of sp³-hybridized carbons (Fsp3) is 0.0833. The van der Waals surface area contributed by atoms with Gasteiger partial charge in [-0.2, -0.15) is 8.42 Å². The molecule has 1 amide bonds. The van der Waals surface area contributed by atoms with E-state index in [4.69, 9.17) is 16.7 Å². The number of halogens is 1. The number of nitrogens with two attached hydrogens (primary N) is 1. The molecule has 0 bridgehead atoms. The third-order valence-electron chi connectivity index (χ3n) is 2.49. The van der Waals surface area contributed by atoms with E-state index >= 15 is 0 Å². The van der Waals surface area contributed by atoms with Crippen molar-refractivity contribution in [2.75, 3.05) is 10.0 Å². The molecule has 4 N–H and O–H groups in total. The maximum absolute atomic E-state index is 12.1. The molecule has 1 heterocycles. The van der Waals surface area contributed by atoms with Crippen molar-refractivity contribution in [2.45, 2.75) is 6.92 Å². The van der Waals surface area contributed by atoms with E-state index < -0.39 is 10.2 Å². The van der Waals surface area contributed by atoms with Gasteiger partial charge in [-0.3, -0.25) is 9.52 Å². The van der Waals surface area contributed by atoms with Crippen molar-refractivity contribution < 1.29 is 13.2 Å². The van der Waals surface area contributed by atoms with E-state index in [1.165, 1.54) is 23.5 Å². The molecule has 0 saturated heterocycles. The minimum atomic E-state index is -3.86. The van der Waals surface area contributed by atoms with Crippen LogP contribution in [0.5, 0.6) is 0 Å². The molecular weight excluding hydrogens is 334 g/mol. The Bertz CT molecular complexity index is 787. The molecule has 21 heavy (non-hydrogen) atoms.